The summed E-state index contributed by atoms with van der Waals surface area (Å²) in [5.41, 5.74) is 0. The van der Waals surface area contributed by atoms with Crippen molar-refractivity contribution in [1.82, 2.24) is 0 Å². The van der Waals surface area contributed by atoms with Crippen LogP contribution in [0.15, 0.2) is 0 Å². The lowest BCUT2D eigenvalue weighted by Gasteiger charge is -2.05. The van der Waals surface area contributed by atoms with Crippen LogP contribution >= 0.6 is 0 Å². The summed E-state index contributed by atoms with van der Waals surface area (Å²) in [6.45, 7) is 12.0. The molecule has 0 amide bonds. The molecule has 1 heterocycles. The van der Waals surface area contributed by atoms with Gasteiger partial charge in [-0.1, -0.05) is 39.5 Å². The highest BCUT2D eigenvalue weighted by atomic mass is 35.5. The van der Waals surface area contributed by atoms with Gasteiger partial charge in [-0.3, -0.25) is 0 Å². The molecule has 1 rings (SSSR count). The molecule has 0 unspecified atom stereocenters. The Balaban J connectivity index is 0. The monoisotopic (exact) mass is 262 g/mol. The van der Waals surface area contributed by atoms with Crippen LogP contribution in [-0.4, -0.2) is 28.3 Å². The molecule has 0 saturated carbocycles. The van der Waals surface area contributed by atoms with Gasteiger partial charge in [0.2, 0.25) is 15.2 Å². The number of nitrogens with two attached hydrogens (primary N) is 1. The summed E-state index contributed by atoms with van der Waals surface area (Å²) in [6, 6.07) is 0. The second-order valence-corrected chi connectivity index (χ2v) is 6.99. The molecule has 0 aromatic rings. The molecule has 16 heavy (non-hydrogen) atoms. The first-order valence-corrected chi connectivity index (χ1v) is 8.39. The Labute approximate surface area is 115 Å². The fourth-order valence-electron chi connectivity index (χ4n) is 1.66. The third kappa shape index (κ3) is 17.2. The summed E-state index contributed by atoms with van der Waals surface area (Å²) >= 11 is 0.755. The van der Waals surface area contributed by atoms with Crippen LogP contribution in [0, 0.1) is 11.8 Å². The van der Waals surface area contributed by atoms with E-state index in [0.717, 1.165) is 27.1 Å². The highest BCUT2D eigenvalue weighted by Gasteiger charge is 1.98. The molecule has 2 N–H and O–H groups in total. The molecule has 0 aromatic carbocycles. The zero-order valence-corrected chi connectivity index (χ0v) is 13.5. The Morgan fingerprint density at radius 2 is 1.31 bits per heavy atom. The van der Waals surface area contributed by atoms with Gasteiger partial charge in [-0.2, -0.15) is 0 Å². The molecule has 1 aliphatic heterocycles. The third-order valence-corrected chi connectivity index (χ3v) is 5.14. The van der Waals surface area contributed by atoms with Crippen LogP contribution in [0.2, 0.25) is 10.6 Å². The SMILES string of the molecule is C1CC[NH2+]CC1.CC(C)[CH2][Al][CH2]C(C)C.[Cl-]. The Morgan fingerprint density at radius 1 is 0.875 bits per heavy atom. The molecule has 1 aliphatic rings. The van der Waals surface area contributed by atoms with Gasteiger partial charge >= 0.3 is 0 Å². The van der Waals surface area contributed by atoms with Gasteiger partial charge in [0, 0.05) is 0 Å². The van der Waals surface area contributed by atoms with E-state index in [-0.39, 0.29) is 12.4 Å². The molecule has 1 saturated heterocycles. The van der Waals surface area contributed by atoms with Crippen molar-refractivity contribution in [2.24, 2.45) is 11.8 Å². The van der Waals surface area contributed by atoms with E-state index in [9.17, 15) is 0 Å². The van der Waals surface area contributed by atoms with Gasteiger partial charge in [0.05, 0.1) is 13.1 Å². The lowest BCUT2D eigenvalue weighted by Crippen LogP contribution is -3.00. The first-order valence-electron chi connectivity index (χ1n) is 6.76. The number of rotatable bonds is 4. The minimum absolute atomic E-state index is 0. The van der Waals surface area contributed by atoms with Crippen LogP contribution in [-0.2, 0) is 0 Å². The lowest BCUT2D eigenvalue weighted by molar-refractivity contribution is -0.662. The van der Waals surface area contributed by atoms with E-state index in [0.29, 0.717) is 0 Å². The topological polar surface area (TPSA) is 16.6 Å². The lowest BCUT2D eigenvalue weighted by atomic mass is 10.2. The minimum atomic E-state index is 0. The summed E-state index contributed by atoms with van der Waals surface area (Å²) in [5, 5.41) is 5.36. The maximum Gasteiger partial charge on any atom is 0.200 e. The summed E-state index contributed by atoms with van der Waals surface area (Å²) in [7, 11) is 0. The van der Waals surface area contributed by atoms with E-state index in [1.165, 1.54) is 42.9 Å². The van der Waals surface area contributed by atoms with Gasteiger partial charge in [-0.05, 0) is 19.3 Å². The largest absolute Gasteiger partial charge is 1.00 e. The van der Waals surface area contributed by atoms with Gasteiger partial charge in [-0.25, -0.2) is 0 Å². The molecular formula is C13H30AlClN. The smallest absolute Gasteiger partial charge is 0.200 e. The zero-order chi connectivity index (χ0) is 11.5. The maximum absolute atomic E-state index is 2.39. The number of hydrogen-bond acceptors (Lipinski definition) is 0. The van der Waals surface area contributed by atoms with Crippen molar-refractivity contribution in [2.45, 2.75) is 57.5 Å². The van der Waals surface area contributed by atoms with Gasteiger partial charge in [0.25, 0.3) is 0 Å². The first-order chi connectivity index (χ1) is 7.13. The second kappa shape index (κ2) is 13.8. The van der Waals surface area contributed by atoms with E-state index < -0.39 is 0 Å². The standard InChI is InChI=1S/C5H11N.2C4H9.Al.ClH/c1-2-4-6-5-3-1;2*1-4(2)3;;/h6H,1-5H2;2*4H,1H2,2-3H3;;1H. The highest BCUT2D eigenvalue weighted by Crippen LogP contribution is 2.05. The number of hydrogen-bond donors (Lipinski definition) is 1. The van der Waals surface area contributed by atoms with E-state index in [1.54, 1.807) is 0 Å². The number of quaternary nitrogens is 1. The fraction of sp³-hybridized carbons (Fsp3) is 1.00. The van der Waals surface area contributed by atoms with E-state index in [1.807, 2.05) is 0 Å². The maximum atomic E-state index is 2.39. The molecule has 1 fully saturated rings. The average Bonchev–Trinajstić information content (AvgIpc) is 2.20. The third-order valence-electron chi connectivity index (χ3n) is 2.59. The van der Waals surface area contributed by atoms with Gasteiger partial charge in [0.15, 0.2) is 0 Å². The fourth-order valence-corrected chi connectivity index (χ4v) is 3.19. The van der Waals surface area contributed by atoms with Crippen molar-refractivity contribution in [1.29, 1.82) is 0 Å². The van der Waals surface area contributed by atoms with Crippen molar-refractivity contribution in [3.63, 3.8) is 0 Å². The van der Waals surface area contributed by atoms with Crippen molar-refractivity contribution < 1.29 is 17.7 Å². The molecule has 1 nitrogen and oxygen atoms in total. The van der Waals surface area contributed by atoms with Crippen LogP contribution in [0.5, 0.6) is 0 Å². The van der Waals surface area contributed by atoms with Crippen molar-refractivity contribution in [2.75, 3.05) is 13.1 Å². The predicted molar refractivity (Wildman–Crippen MR) is 70.6 cm³/mol. The molecule has 0 aliphatic carbocycles. The first kappa shape index (κ1) is 19.1. The van der Waals surface area contributed by atoms with E-state index in [2.05, 4.69) is 33.0 Å². The Morgan fingerprint density at radius 3 is 1.50 bits per heavy atom. The molecule has 0 aromatic heterocycles. The summed E-state index contributed by atoms with van der Waals surface area (Å²) in [4.78, 5) is 0. The van der Waals surface area contributed by atoms with Crippen LogP contribution in [0.3, 0.4) is 0 Å². The summed E-state index contributed by atoms with van der Waals surface area (Å²) in [6.07, 6.45) is 4.36. The minimum Gasteiger partial charge on any atom is -1.00 e. The van der Waals surface area contributed by atoms with Gasteiger partial charge in [0.1, 0.15) is 0 Å². The zero-order valence-electron chi connectivity index (χ0n) is 11.6. The van der Waals surface area contributed by atoms with Crippen molar-refractivity contribution >= 4 is 15.2 Å². The highest BCUT2D eigenvalue weighted by molar-refractivity contribution is 6.35. The van der Waals surface area contributed by atoms with Gasteiger partial charge in [-0.15, -0.1) is 10.6 Å². The Hall–Kier alpha value is 0.782. The predicted octanol–water partition coefficient (Wildman–Crippen LogP) is -0.423. The van der Waals surface area contributed by atoms with Crippen molar-refractivity contribution in [3.05, 3.63) is 0 Å². The molecule has 0 atom stereocenters. The van der Waals surface area contributed by atoms with Crippen molar-refractivity contribution in [3.8, 4) is 0 Å². The second-order valence-electron chi connectivity index (χ2n) is 5.47. The quantitative estimate of drug-likeness (QED) is 0.663. The molecule has 97 valence electrons. The number of piperidine rings is 1. The van der Waals surface area contributed by atoms with Gasteiger partial charge < -0.3 is 17.7 Å². The Bertz CT molecular complexity index is 106. The van der Waals surface area contributed by atoms with E-state index in [4.69, 9.17) is 0 Å². The normalized spacial score (nSPS) is 15.1. The summed E-state index contributed by atoms with van der Waals surface area (Å²) < 4.78 is 0. The molecular weight excluding hydrogens is 233 g/mol. The average molecular weight is 263 g/mol. The summed E-state index contributed by atoms with van der Waals surface area (Å²) in [5.74, 6) is 1.86. The molecule has 0 bridgehead atoms. The van der Waals surface area contributed by atoms with Crippen LogP contribution in [0.1, 0.15) is 47.0 Å². The molecule has 1 radical (unpaired) electrons. The Kier molecular flexibility index (Phi) is 16.6. The molecule has 3 heteroatoms. The molecule has 0 spiro atoms. The van der Waals surface area contributed by atoms with E-state index >= 15 is 0 Å². The van der Waals surface area contributed by atoms with Crippen LogP contribution < -0.4 is 17.7 Å². The number of halogens is 1. The van der Waals surface area contributed by atoms with Crippen LogP contribution in [0.25, 0.3) is 0 Å². The van der Waals surface area contributed by atoms with Crippen LogP contribution in [0.4, 0.5) is 0 Å².